The lowest BCUT2D eigenvalue weighted by Gasteiger charge is -2.32. The summed E-state index contributed by atoms with van der Waals surface area (Å²) in [6.07, 6.45) is 1.33. The molecule has 7 heteroatoms. The van der Waals surface area contributed by atoms with Crippen molar-refractivity contribution >= 4 is 11.9 Å². The van der Waals surface area contributed by atoms with Crippen LogP contribution in [0.3, 0.4) is 0 Å². The highest BCUT2D eigenvalue weighted by molar-refractivity contribution is 5.81. The van der Waals surface area contributed by atoms with E-state index in [2.05, 4.69) is 26.6 Å². The number of rotatable bonds is 6. The lowest BCUT2D eigenvalue weighted by molar-refractivity contribution is -0.121. The maximum Gasteiger partial charge on any atom is 0.221 e. The lowest BCUT2D eigenvalue weighted by Crippen LogP contribution is -2.45. The molecule has 1 aromatic rings. The number of hydrogen-bond acceptors (Lipinski definition) is 4. The molecule has 144 valence electrons. The fourth-order valence-electron chi connectivity index (χ4n) is 3.08. The first-order chi connectivity index (χ1) is 12.5. The van der Waals surface area contributed by atoms with E-state index in [4.69, 9.17) is 9.47 Å². The number of benzene rings is 1. The Morgan fingerprint density at radius 1 is 1.23 bits per heavy atom. The quantitative estimate of drug-likeness (QED) is 0.593. The minimum atomic E-state index is 0.0452. The maximum atomic E-state index is 11.8. The Morgan fingerprint density at radius 3 is 2.46 bits per heavy atom. The number of aliphatic imine (C=N–C) groups is 1. The smallest absolute Gasteiger partial charge is 0.221 e. The average Bonchev–Trinajstić information content (AvgIpc) is 2.63. The number of ether oxygens (including phenoxy) is 2. The number of amides is 1. The number of hydrogen-bond donors (Lipinski definition) is 2. The van der Waals surface area contributed by atoms with Gasteiger partial charge in [0.25, 0.3) is 0 Å². The summed E-state index contributed by atoms with van der Waals surface area (Å²) in [4.78, 5) is 18.3. The molecule has 1 aliphatic heterocycles. The fraction of sp³-hybridized carbons (Fsp3) is 0.579. The highest BCUT2D eigenvalue weighted by Gasteiger charge is 2.21. The molecule has 2 N–H and O–H groups in total. The topological polar surface area (TPSA) is 75.2 Å². The van der Waals surface area contributed by atoms with E-state index >= 15 is 0 Å². The molecule has 0 spiro atoms. The van der Waals surface area contributed by atoms with Crippen LogP contribution in [0.25, 0.3) is 0 Å². The summed E-state index contributed by atoms with van der Waals surface area (Å²) in [7, 11) is 5.06. The number of guanidine groups is 1. The number of carbonyl (C=O) groups is 1. The highest BCUT2D eigenvalue weighted by Crippen LogP contribution is 2.33. The van der Waals surface area contributed by atoms with Gasteiger partial charge in [-0.05, 0) is 43.5 Å². The number of nitrogens with zero attached hydrogens (tertiary/aromatic N) is 2. The summed E-state index contributed by atoms with van der Waals surface area (Å²) in [5.41, 5.74) is 2.47. The van der Waals surface area contributed by atoms with Gasteiger partial charge < -0.3 is 25.0 Å². The summed E-state index contributed by atoms with van der Waals surface area (Å²) >= 11 is 0. The van der Waals surface area contributed by atoms with Gasteiger partial charge >= 0.3 is 0 Å². The van der Waals surface area contributed by atoms with Crippen LogP contribution in [-0.4, -0.2) is 57.2 Å². The molecular weight excluding hydrogens is 332 g/mol. The second kappa shape index (κ2) is 9.31. The third kappa shape index (κ3) is 5.03. The molecule has 1 heterocycles. The van der Waals surface area contributed by atoms with Crippen LogP contribution < -0.4 is 20.1 Å². The van der Waals surface area contributed by atoms with Gasteiger partial charge in [-0.3, -0.25) is 9.79 Å². The van der Waals surface area contributed by atoms with Crippen molar-refractivity contribution < 1.29 is 14.3 Å². The minimum absolute atomic E-state index is 0.0452. The predicted molar refractivity (Wildman–Crippen MR) is 103 cm³/mol. The van der Waals surface area contributed by atoms with Gasteiger partial charge in [0.05, 0.1) is 14.2 Å². The first-order valence-electron chi connectivity index (χ1n) is 8.97. The molecule has 26 heavy (non-hydrogen) atoms. The highest BCUT2D eigenvalue weighted by atomic mass is 16.5. The van der Waals surface area contributed by atoms with Crippen LogP contribution in [0.1, 0.15) is 31.4 Å². The van der Waals surface area contributed by atoms with Crippen molar-refractivity contribution in [1.29, 1.82) is 0 Å². The molecule has 0 saturated carbocycles. The zero-order valence-corrected chi connectivity index (χ0v) is 16.4. The van der Waals surface area contributed by atoms with Crippen LogP contribution in [0.4, 0.5) is 0 Å². The Kier molecular flexibility index (Phi) is 7.12. The molecule has 0 bridgehead atoms. The van der Waals surface area contributed by atoms with Gasteiger partial charge in [0.2, 0.25) is 5.91 Å². The number of carbonyl (C=O) groups excluding carboxylic acids is 1. The van der Waals surface area contributed by atoms with E-state index in [1.807, 2.05) is 19.9 Å². The first kappa shape index (κ1) is 19.9. The molecular formula is C19H30N4O3. The van der Waals surface area contributed by atoms with Gasteiger partial charge in [0.1, 0.15) is 0 Å². The lowest BCUT2D eigenvalue weighted by atomic mass is 9.99. The molecule has 0 unspecified atom stereocenters. The van der Waals surface area contributed by atoms with Crippen LogP contribution in [-0.2, 0) is 17.8 Å². The molecule has 0 fully saturated rings. The Bertz CT molecular complexity index is 658. The summed E-state index contributed by atoms with van der Waals surface area (Å²) in [5, 5.41) is 6.18. The van der Waals surface area contributed by atoms with E-state index in [1.54, 1.807) is 21.3 Å². The minimum Gasteiger partial charge on any atom is -0.493 e. The Morgan fingerprint density at radius 2 is 1.88 bits per heavy atom. The van der Waals surface area contributed by atoms with Crippen LogP contribution in [0.2, 0.25) is 0 Å². The molecule has 0 atom stereocenters. The molecule has 2 rings (SSSR count). The van der Waals surface area contributed by atoms with Crippen molar-refractivity contribution in [3.63, 3.8) is 0 Å². The molecule has 7 nitrogen and oxygen atoms in total. The van der Waals surface area contributed by atoms with Gasteiger partial charge in [-0.2, -0.15) is 0 Å². The number of nitrogens with one attached hydrogen (secondary N) is 2. The molecule has 1 amide bonds. The van der Waals surface area contributed by atoms with Crippen molar-refractivity contribution in [1.82, 2.24) is 15.5 Å². The Balaban J connectivity index is 1.98. The van der Waals surface area contributed by atoms with E-state index in [0.717, 1.165) is 37.0 Å². The van der Waals surface area contributed by atoms with Crippen molar-refractivity contribution in [3.8, 4) is 11.5 Å². The van der Waals surface area contributed by atoms with Crippen LogP contribution in [0, 0.1) is 0 Å². The van der Waals surface area contributed by atoms with Gasteiger partial charge in [0.15, 0.2) is 17.5 Å². The molecule has 1 aromatic carbocycles. The van der Waals surface area contributed by atoms with Gasteiger partial charge in [-0.15, -0.1) is 0 Å². The third-order valence-electron chi connectivity index (χ3n) is 4.31. The van der Waals surface area contributed by atoms with Crippen molar-refractivity contribution in [3.05, 3.63) is 23.3 Å². The van der Waals surface area contributed by atoms with Crippen molar-refractivity contribution in [2.24, 2.45) is 4.99 Å². The van der Waals surface area contributed by atoms with Crippen molar-refractivity contribution in [2.45, 2.75) is 39.3 Å². The Labute approximate surface area is 155 Å². The Hall–Kier alpha value is -2.44. The van der Waals surface area contributed by atoms with Crippen LogP contribution in [0.5, 0.6) is 11.5 Å². The van der Waals surface area contributed by atoms with Crippen LogP contribution >= 0.6 is 0 Å². The summed E-state index contributed by atoms with van der Waals surface area (Å²) in [5.74, 6) is 2.35. The second-order valence-electron chi connectivity index (χ2n) is 6.59. The largest absolute Gasteiger partial charge is 0.493 e. The standard InChI is InChI=1S/C19H30N4O3/c1-13(2)22-18(24)6-8-21-19(20-3)23-9-7-14-10-16(25-4)17(26-5)11-15(14)12-23/h10-11,13H,6-9,12H2,1-5H3,(H,20,21)(H,22,24). The predicted octanol–water partition coefficient (Wildman–Crippen LogP) is 1.55. The molecule has 1 aliphatic rings. The molecule has 0 aromatic heterocycles. The number of methoxy groups -OCH3 is 2. The van der Waals surface area contributed by atoms with Gasteiger partial charge in [-0.25, -0.2) is 0 Å². The summed E-state index contributed by atoms with van der Waals surface area (Å²) in [6, 6.07) is 4.24. The molecule has 0 aliphatic carbocycles. The normalized spacial score (nSPS) is 14.1. The average molecular weight is 362 g/mol. The molecule has 0 saturated heterocycles. The maximum absolute atomic E-state index is 11.8. The first-order valence-corrected chi connectivity index (χ1v) is 8.97. The van der Waals surface area contributed by atoms with E-state index in [-0.39, 0.29) is 11.9 Å². The van der Waals surface area contributed by atoms with Gasteiger partial charge in [-0.1, -0.05) is 0 Å². The monoisotopic (exact) mass is 362 g/mol. The second-order valence-corrected chi connectivity index (χ2v) is 6.59. The van der Waals surface area contributed by atoms with E-state index in [9.17, 15) is 4.79 Å². The summed E-state index contributed by atoms with van der Waals surface area (Å²) < 4.78 is 10.8. The third-order valence-corrected chi connectivity index (χ3v) is 4.31. The van der Waals surface area contributed by atoms with Gasteiger partial charge in [0, 0.05) is 39.1 Å². The zero-order chi connectivity index (χ0) is 19.1. The number of fused-ring (bicyclic) bond motifs is 1. The fourth-order valence-corrected chi connectivity index (χ4v) is 3.08. The van der Waals surface area contributed by atoms with Crippen LogP contribution in [0.15, 0.2) is 17.1 Å². The van der Waals surface area contributed by atoms with E-state index in [1.165, 1.54) is 11.1 Å². The molecule has 0 radical (unpaired) electrons. The van der Waals surface area contributed by atoms with Crippen molar-refractivity contribution in [2.75, 3.05) is 34.4 Å². The van der Waals surface area contributed by atoms with E-state index in [0.29, 0.717) is 13.0 Å². The zero-order valence-electron chi connectivity index (χ0n) is 16.4. The van der Waals surface area contributed by atoms with E-state index < -0.39 is 0 Å². The summed E-state index contributed by atoms with van der Waals surface area (Å²) in [6.45, 7) is 6.08. The SMILES string of the molecule is CN=C(NCCC(=O)NC(C)C)N1CCc2cc(OC)c(OC)cc2C1.